The van der Waals surface area contributed by atoms with Crippen molar-refractivity contribution in [3.05, 3.63) is 77.1 Å². The van der Waals surface area contributed by atoms with Gasteiger partial charge in [0, 0.05) is 11.3 Å². The Kier molecular flexibility index (Phi) is 5.73. The van der Waals surface area contributed by atoms with Gasteiger partial charge in [0.05, 0.1) is 11.4 Å². The van der Waals surface area contributed by atoms with Crippen LogP contribution in [0.5, 0.6) is 0 Å². The standard InChI is InChI=1S/C25H29FN2/c1-15(2)19-13-18(24-17(5)9-8-10-21(24)26)14-20(16(3)4)25(19)28-23-12-7-6-11-22(23)27/h6-16,28H,27H2,1-5H3. The molecule has 0 spiro atoms. The van der Waals surface area contributed by atoms with E-state index in [1.54, 1.807) is 6.07 Å². The molecular formula is C25H29FN2. The van der Waals surface area contributed by atoms with Crippen molar-refractivity contribution in [2.75, 3.05) is 11.1 Å². The fourth-order valence-electron chi connectivity index (χ4n) is 3.63. The van der Waals surface area contributed by atoms with Crippen molar-refractivity contribution in [2.24, 2.45) is 0 Å². The second kappa shape index (κ2) is 8.05. The van der Waals surface area contributed by atoms with E-state index in [1.165, 1.54) is 6.07 Å². The summed E-state index contributed by atoms with van der Waals surface area (Å²) in [6.45, 7) is 10.6. The molecule has 146 valence electrons. The Morgan fingerprint density at radius 3 is 2.00 bits per heavy atom. The van der Waals surface area contributed by atoms with Gasteiger partial charge in [-0.2, -0.15) is 0 Å². The lowest BCUT2D eigenvalue weighted by Gasteiger charge is -2.24. The Labute approximate surface area is 167 Å². The van der Waals surface area contributed by atoms with Crippen molar-refractivity contribution < 1.29 is 4.39 Å². The van der Waals surface area contributed by atoms with E-state index in [2.05, 4.69) is 45.1 Å². The number of rotatable bonds is 5. The van der Waals surface area contributed by atoms with Gasteiger partial charge in [-0.15, -0.1) is 0 Å². The zero-order valence-corrected chi connectivity index (χ0v) is 17.3. The summed E-state index contributed by atoms with van der Waals surface area (Å²) < 4.78 is 14.7. The van der Waals surface area contributed by atoms with E-state index in [1.807, 2.05) is 37.3 Å². The van der Waals surface area contributed by atoms with Gasteiger partial charge in [0.25, 0.3) is 0 Å². The van der Waals surface area contributed by atoms with Gasteiger partial charge in [0.2, 0.25) is 0 Å². The minimum Gasteiger partial charge on any atom is -0.397 e. The number of nitrogens with two attached hydrogens (primary N) is 1. The van der Waals surface area contributed by atoms with E-state index in [0.717, 1.165) is 33.6 Å². The fourth-order valence-corrected chi connectivity index (χ4v) is 3.63. The number of para-hydroxylation sites is 2. The number of hydrogen-bond donors (Lipinski definition) is 2. The average Bonchev–Trinajstić information content (AvgIpc) is 2.63. The molecule has 0 amide bonds. The van der Waals surface area contributed by atoms with Crippen LogP contribution in [0.4, 0.5) is 21.5 Å². The van der Waals surface area contributed by atoms with Crippen LogP contribution in [0, 0.1) is 12.7 Å². The highest BCUT2D eigenvalue weighted by Gasteiger charge is 2.19. The largest absolute Gasteiger partial charge is 0.397 e. The molecule has 0 saturated heterocycles. The zero-order chi connectivity index (χ0) is 20.4. The van der Waals surface area contributed by atoms with E-state index in [0.29, 0.717) is 11.3 Å². The summed E-state index contributed by atoms with van der Waals surface area (Å²) in [4.78, 5) is 0. The summed E-state index contributed by atoms with van der Waals surface area (Å²) in [7, 11) is 0. The molecule has 3 heteroatoms. The summed E-state index contributed by atoms with van der Waals surface area (Å²) >= 11 is 0. The quantitative estimate of drug-likeness (QED) is 0.456. The van der Waals surface area contributed by atoms with Crippen molar-refractivity contribution in [2.45, 2.75) is 46.5 Å². The molecule has 0 atom stereocenters. The normalized spacial score (nSPS) is 11.3. The zero-order valence-electron chi connectivity index (χ0n) is 17.3. The van der Waals surface area contributed by atoms with Crippen LogP contribution in [-0.2, 0) is 0 Å². The summed E-state index contributed by atoms with van der Waals surface area (Å²) in [5.74, 6) is 0.367. The lowest BCUT2D eigenvalue weighted by molar-refractivity contribution is 0.630. The lowest BCUT2D eigenvalue weighted by Crippen LogP contribution is -2.06. The number of nitrogen functional groups attached to an aromatic ring is 1. The molecule has 0 radical (unpaired) electrons. The maximum Gasteiger partial charge on any atom is 0.131 e. The highest BCUT2D eigenvalue weighted by molar-refractivity contribution is 5.80. The van der Waals surface area contributed by atoms with Crippen molar-refractivity contribution in [3.63, 3.8) is 0 Å². The molecule has 0 aromatic heterocycles. The Morgan fingerprint density at radius 1 is 0.857 bits per heavy atom. The van der Waals surface area contributed by atoms with Crippen LogP contribution in [0.25, 0.3) is 11.1 Å². The van der Waals surface area contributed by atoms with Gasteiger partial charge >= 0.3 is 0 Å². The van der Waals surface area contributed by atoms with Crippen LogP contribution in [0.15, 0.2) is 54.6 Å². The van der Waals surface area contributed by atoms with Gasteiger partial charge < -0.3 is 11.1 Å². The van der Waals surface area contributed by atoms with Crippen molar-refractivity contribution >= 4 is 17.1 Å². The highest BCUT2D eigenvalue weighted by Crippen LogP contribution is 2.40. The molecule has 0 heterocycles. The Balaban J connectivity index is 2.24. The number of halogens is 1. The number of hydrogen-bond acceptors (Lipinski definition) is 2. The minimum absolute atomic E-state index is 0.183. The van der Waals surface area contributed by atoms with Crippen LogP contribution in [0.2, 0.25) is 0 Å². The summed E-state index contributed by atoms with van der Waals surface area (Å²) in [6, 6.07) is 17.3. The van der Waals surface area contributed by atoms with Crippen LogP contribution < -0.4 is 11.1 Å². The van der Waals surface area contributed by atoms with Crippen molar-refractivity contribution in [1.29, 1.82) is 0 Å². The second-order valence-electron chi connectivity index (χ2n) is 7.98. The third-order valence-corrected chi connectivity index (χ3v) is 5.17. The fraction of sp³-hybridized carbons (Fsp3) is 0.280. The van der Waals surface area contributed by atoms with Gasteiger partial charge in [0.15, 0.2) is 0 Å². The van der Waals surface area contributed by atoms with Gasteiger partial charge in [-0.25, -0.2) is 4.39 Å². The van der Waals surface area contributed by atoms with E-state index < -0.39 is 0 Å². The molecule has 0 aliphatic carbocycles. The molecule has 28 heavy (non-hydrogen) atoms. The molecule has 3 rings (SSSR count). The number of aryl methyl sites for hydroxylation is 1. The predicted molar refractivity (Wildman–Crippen MR) is 119 cm³/mol. The highest BCUT2D eigenvalue weighted by atomic mass is 19.1. The van der Waals surface area contributed by atoms with Crippen LogP contribution in [-0.4, -0.2) is 0 Å². The van der Waals surface area contributed by atoms with Gasteiger partial charge in [0.1, 0.15) is 5.82 Å². The third-order valence-electron chi connectivity index (χ3n) is 5.17. The molecule has 0 aliphatic rings. The maximum absolute atomic E-state index is 14.7. The third kappa shape index (κ3) is 3.89. The lowest BCUT2D eigenvalue weighted by atomic mass is 9.87. The maximum atomic E-state index is 14.7. The molecule has 2 nitrogen and oxygen atoms in total. The van der Waals surface area contributed by atoms with Crippen molar-refractivity contribution in [1.82, 2.24) is 0 Å². The van der Waals surface area contributed by atoms with Crippen LogP contribution in [0.3, 0.4) is 0 Å². The van der Waals surface area contributed by atoms with Crippen molar-refractivity contribution in [3.8, 4) is 11.1 Å². The SMILES string of the molecule is Cc1cccc(F)c1-c1cc(C(C)C)c(Nc2ccccc2N)c(C(C)C)c1. The monoisotopic (exact) mass is 376 g/mol. The Hall–Kier alpha value is -2.81. The second-order valence-corrected chi connectivity index (χ2v) is 7.98. The summed E-state index contributed by atoms with van der Waals surface area (Å²) in [5.41, 5.74) is 13.7. The minimum atomic E-state index is -0.183. The van der Waals surface area contributed by atoms with Crippen LogP contribution in [0.1, 0.15) is 56.2 Å². The molecule has 3 aromatic carbocycles. The van der Waals surface area contributed by atoms with Gasteiger partial charge in [-0.3, -0.25) is 0 Å². The molecule has 0 saturated carbocycles. The molecule has 0 aliphatic heterocycles. The summed E-state index contributed by atoms with van der Waals surface area (Å²) in [6.07, 6.45) is 0. The average molecular weight is 377 g/mol. The molecule has 0 fully saturated rings. The number of benzene rings is 3. The molecule has 3 aromatic rings. The topological polar surface area (TPSA) is 38.0 Å². The predicted octanol–water partition coefficient (Wildman–Crippen LogP) is 7.37. The first kappa shape index (κ1) is 19.9. The first-order chi connectivity index (χ1) is 13.3. The Morgan fingerprint density at radius 2 is 1.46 bits per heavy atom. The number of nitrogens with one attached hydrogen (secondary N) is 1. The first-order valence-electron chi connectivity index (χ1n) is 9.84. The molecule has 3 N–H and O–H groups in total. The molecular weight excluding hydrogens is 347 g/mol. The van der Waals surface area contributed by atoms with E-state index >= 15 is 0 Å². The smallest absolute Gasteiger partial charge is 0.131 e. The Bertz CT molecular complexity index is 940. The van der Waals surface area contributed by atoms with Crippen LogP contribution >= 0.6 is 0 Å². The summed E-state index contributed by atoms with van der Waals surface area (Å²) in [5, 5.41) is 3.56. The molecule has 0 unspecified atom stereocenters. The van der Waals surface area contributed by atoms with Gasteiger partial charge in [-0.1, -0.05) is 52.0 Å². The van der Waals surface area contributed by atoms with E-state index in [-0.39, 0.29) is 17.7 Å². The van der Waals surface area contributed by atoms with E-state index in [9.17, 15) is 4.39 Å². The van der Waals surface area contributed by atoms with E-state index in [4.69, 9.17) is 5.73 Å². The molecule has 0 bridgehead atoms. The van der Waals surface area contributed by atoms with Gasteiger partial charge in [-0.05, 0) is 71.3 Å². The first-order valence-corrected chi connectivity index (χ1v) is 9.84. The number of anilines is 3.